The lowest BCUT2D eigenvalue weighted by molar-refractivity contribution is 0.628. The van der Waals surface area contributed by atoms with Crippen LogP contribution in [0.1, 0.15) is 5.69 Å². The van der Waals surface area contributed by atoms with Gasteiger partial charge in [-0.15, -0.1) is 0 Å². The number of nitrogens with zero attached hydrogens (tertiary/aromatic N) is 2. The highest BCUT2D eigenvalue weighted by Crippen LogP contribution is 2.31. The second kappa shape index (κ2) is 5.81. The molecule has 0 unspecified atom stereocenters. The molecule has 2 aromatic carbocycles. The summed E-state index contributed by atoms with van der Waals surface area (Å²) >= 11 is 0. The number of nitrogens with one attached hydrogen (secondary N) is 1. The Hall–Kier alpha value is -3.33. The Balaban J connectivity index is 2.39. The summed E-state index contributed by atoms with van der Waals surface area (Å²) in [5, 5.41) is 8.97. The van der Waals surface area contributed by atoms with Crippen LogP contribution in [0.15, 0.2) is 53.3 Å². The van der Waals surface area contributed by atoms with Crippen LogP contribution < -0.4 is 5.56 Å². The van der Waals surface area contributed by atoms with Gasteiger partial charge in [-0.05, 0) is 24.3 Å². The third-order valence-corrected chi connectivity index (χ3v) is 3.29. The quantitative estimate of drug-likeness (QED) is 0.790. The SMILES string of the molecule is N#Cc1nc(-c2ccccc2F)c(-c2ccccc2F)[nH]c1=O. The van der Waals surface area contributed by atoms with E-state index in [9.17, 15) is 13.6 Å². The zero-order chi connectivity index (χ0) is 16.4. The Bertz CT molecular complexity index is 990. The van der Waals surface area contributed by atoms with Crippen molar-refractivity contribution in [3.05, 3.63) is 76.2 Å². The van der Waals surface area contributed by atoms with Gasteiger partial charge in [0.1, 0.15) is 17.7 Å². The maximum Gasteiger partial charge on any atom is 0.285 e. The lowest BCUT2D eigenvalue weighted by Crippen LogP contribution is -2.15. The standard InChI is InChI=1S/C17H9F2N3O/c18-12-7-3-1-5-10(12)15-16(11-6-2-4-8-13(11)19)22-17(23)14(9-20)21-15/h1-8H,(H,22,23). The summed E-state index contributed by atoms with van der Waals surface area (Å²) in [5.41, 5.74) is -1.01. The van der Waals surface area contributed by atoms with Crippen LogP contribution in [0, 0.1) is 23.0 Å². The molecule has 0 amide bonds. The Morgan fingerprint density at radius 3 is 2.09 bits per heavy atom. The van der Waals surface area contributed by atoms with E-state index in [-0.39, 0.29) is 22.5 Å². The lowest BCUT2D eigenvalue weighted by atomic mass is 10.0. The Kier molecular flexibility index (Phi) is 3.69. The Labute approximate surface area is 129 Å². The zero-order valence-electron chi connectivity index (χ0n) is 11.7. The zero-order valence-corrected chi connectivity index (χ0v) is 11.7. The normalized spacial score (nSPS) is 10.3. The first-order valence-corrected chi connectivity index (χ1v) is 6.66. The summed E-state index contributed by atoms with van der Waals surface area (Å²) in [7, 11) is 0. The van der Waals surface area contributed by atoms with E-state index in [0.29, 0.717) is 0 Å². The van der Waals surface area contributed by atoms with Crippen LogP contribution in [0.3, 0.4) is 0 Å². The Morgan fingerprint density at radius 2 is 1.52 bits per heavy atom. The highest BCUT2D eigenvalue weighted by molar-refractivity contribution is 5.78. The summed E-state index contributed by atoms with van der Waals surface area (Å²) in [4.78, 5) is 18.2. The second-order valence-electron chi connectivity index (χ2n) is 4.71. The van der Waals surface area contributed by atoms with Gasteiger partial charge in [0.2, 0.25) is 5.69 Å². The fourth-order valence-electron chi connectivity index (χ4n) is 2.23. The molecule has 112 valence electrons. The molecule has 0 radical (unpaired) electrons. The predicted octanol–water partition coefficient (Wildman–Crippen LogP) is 3.25. The molecule has 1 heterocycles. The summed E-state index contributed by atoms with van der Waals surface area (Å²) < 4.78 is 28.2. The van der Waals surface area contributed by atoms with Crippen molar-refractivity contribution in [2.45, 2.75) is 0 Å². The number of aromatic nitrogens is 2. The van der Waals surface area contributed by atoms with Gasteiger partial charge in [-0.3, -0.25) is 4.79 Å². The van der Waals surface area contributed by atoms with Crippen LogP contribution in [-0.2, 0) is 0 Å². The Morgan fingerprint density at radius 1 is 0.957 bits per heavy atom. The van der Waals surface area contributed by atoms with E-state index in [0.717, 1.165) is 0 Å². The minimum Gasteiger partial charge on any atom is -0.317 e. The molecule has 3 aromatic rings. The third-order valence-electron chi connectivity index (χ3n) is 3.29. The molecule has 23 heavy (non-hydrogen) atoms. The van der Waals surface area contributed by atoms with Crippen LogP contribution >= 0.6 is 0 Å². The van der Waals surface area contributed by atoms with Crippen LogP contribution in [0.2, 0.25) is 0 Å². The number of hydrogen-bond acceptors (Lipinski definition) is 3. The van der Waals surface area contributed by atoms with Crippen LogP contribution in [0.5, 0.6) is 0 Å². The van der Waals surface area contributed by atoms with E-state index in [4.69, 9.17) is 5.26 Å². The predicted molar refractivity (Wildman–Crippen MR) is 80.4 cm³/mol. The summed E-state index contributed by atoms with van der Waals surface area (Å²) in [6.07, 6.45) is 0. The fourth-order valence-corrected chi connectivity index (χ4v) is 2.23. The topological polar surface area (TPSA) is 69.5 Å². The fraction of sp³-hybridized carbons (Fsp3) is 0. The van der Waals surface area contributed by atoms with E-state index < -0.39 is 22.9 Å². The van der Waals surface area contributed by atoms with Gasteiger partial charge in [-0.2, -0.15) is 5.26 Å². The molecule has 3 rings (SSSR count). The lowest BCUT2D eigenvalue weighted by Gasteiger charge is -2.10. The number of nitriles is 1. The van der Waals surface area contributed by atoms with Gasteiger partial charge in [0, 0.05) is 11.1 Å². The number of aromatic amines is 1. The number of hydrogen-bond donors (Lipinski definition) is 1. The first kappa shape index (κ1) is 14.6. The van der Waals surface area contributed by atoms with Crippen molar-refractivity contribution in [3.8, 4) is 28.6 Å². The van der Waals surface area contributed by atoms with E-state index in [1.54, 1.807) is 18.2 Å². The van der Waals surface area contributed by atoms with Crippen molar-refractivity contribution < 1.29 is 8.78 Å². The van der Waals surface area contributed by atoms with E-state index in [2.05, 4.69) is 9.97 Å². The molecule has 4 nitrogen and oxygen atoms in total. The molecule has 0 saturated carbocycles. The second-order valence-corrected chi connectivity index (χ2v) is 4.71. The number of benzene rings is 2. The van der Waals surface area contributed by atoms with E-state index in [1.807, 2.05) is 0 Å². The highest BCUT2D eigenvalue weighted by Gasteiger charge is 2.18. The van der Waals surface area contributed by atoms with Crippen LogP contribution in [0.25, 0.3) is 22.5 Å². The van der Waals surface area contributed by atoms with Crippen molar-refractivity contribution in [2.75, 3.05) is 0 Å². The van der Waals surface area contributed by atoms with Gasteiger partial charge in [-0.1, -0.05) is 24.3 Å². The van der Waals surface area contributed by atoms with Gasteiger partial charge in [0.25, 0.3) is 5.56 Å². The van der Waals surface area contributed by atoms with E-state index >= 15 is 0 Å². The molecular weight excluding hydrogens is 300 g/mol. The maximum atomic E-state index is 14.1. The van der Waals surface area contributed by atoms with Crippen LogP contribution in [0.4, 0.5) is 8.78 Å². The van der Waals surface area contributed by atoms with Crippen molar-refractivity contribution in [3.63, 3.8) is 0 Å². The van der Waals surface area contributed by atoms with Gasteiger partial charge in [0.05, 0.1) is 11.4 Å². The van der Waals surface area contributed by atoms with Crippen molar-refractivity contribution in [1.29, 1.82) is 5.26 Å². The monoisotopic (exact) mass is 309 g/mol. The molecule has 0 fully saturated rings. The molecule has 6 heteroatoms. The van der Waals surface area contributed by atoms with Crippen molar-refractivity contribution >= 4 is 0 Å². The maximum absolute atomic E-state index is 14.1. The largest absolute Gasteiger partial charge is 0.317 e. The molecule has 0 bridgehead atoms. The summed E-state index contributed by atoms with van der Waals surface area (Å²) in [5.74, 6) is -1.18. The molecule has 0 spiro atoms. The first-order valence-electron chi connectivity index (χ1n) is 6.66. The van der Waals surface area contributed by atoms with Crippen molar-refractivity contribution in [2.24, 2.45) is 0 Å². The summed E-state index contributed by atoms with van der Waals surface area (Å²) in [6.45, 7) is 0. The average Bonchev–Trinajstić information content (AvgIpc) is 2.56. The van der Waals surface area contributed by atoms with Gasteiger partial charge in [-0.25, -0.2) is 13.8 Å². The molecule has 1 N–H and O–H groups in total. The minimum absolute atomic E-state index is 0.00403. The first-order chi connectivity index (χ1) is 11.1. The third kappa shape index (κ3) is 2.60. The molecular formula is C17H9F2N3O. The molecule has 0 saturated heterocycles. The number of rotatable bonds is 2. The molecule has 1 aromatic heterocycles. The molecule has 0 atom stereocenters. The number of halogens is 2. The number of H-pyrrole nitrogens is 1. The smallest absolute Gasteiger partial charge is 0.285 e. The van der Waals surface area contributed by atoms with Crippen LogP contribution in [-0.4, -0.2) is 9.97 Å². The molecule has 0 aliphatic rings. The highest BCUT2D eigenvalue weighted by atomic mass is 19.1. The van der Waals surface area contributed by atoms with Gasteiger partial charge < -0.3 is 4.98 Å². The van der Waals surface area contributed by atoms with Gasteiger partial charge in [0.15, 0.2) is 0 Å². The van der Waals surface area contributed by atoms with Gasteiger partial charge >= 0.3 is 0 Å². The van der Waals surface area contributed by atoms with E-state index in [1.165, 1.54) is 36.4 Å². The average molecular weight is 309 g/mol. The molecule has 0 aliphatic heterocycles. The molecule has 0 aliphatic carbocycles. The van der Waals surface area contributed by atoms with Crippen molar-refractivity contribution in [1.82, 2.24) is 9.97 Å². The summed E-state index contributed by atoms with van der Waals surface area (Å²) in [6, 6.07) is 13.1. The minimum atomic E-state index is -0.758.